The lowest BCUT2D eigenvalue weighted by Crippen LogP contribution is -2.22. The molecule has 2 heterocycles. The minimum Gasteiger partial charge on any atom is -0.469 e. The van der Waals surface area contributed by atoms with E-state index in [0.717, 1.165) is 12.0 Å². The van der Waals surface area contributed by atoms with Gasteiger partial charge in [0.2, 0.25) is 5.91 Å². The predicted octanol–water partition coefficient (Wildman–Crippen LogP) is 4.62. The molecule has 2 N–H and O–H groups in total. The van der Waals surface area contributed by atoms with Crippen molar-refractivity contribution in [3.8, 4) is 0 Å². The highest BCUT2D eigenvalue weighted by molar-refractivity contribution is 6.05. The lowest BCUT2D eigenvalue weighted by Gasteiger charge is -2.25. The molecule has 0 radical (unpaired) electrons. The number of ether oxygens (including phenoxy) is 1. The molecule has 154 valence electrons. The Hall–Kier alpha value is -3.45. The van der Waals surface area contributed by atoms with Gasteiger partial charge >= 0.3 is 0 Å². The average Bonchev–Trinajstić information content (AvgIpc) is 3.17. The number of fused-ring (bicyclic) bond motifs is 1. The van der Waals surface area contributed by atoms with Gasteiger partial charge in [0, 0.05) is 5.69 Å². The Balaban J connectivity index is 1.44. The molecule has 1 aliphatic heterocycles. The van der Waals surface area contributed by atoms with E-state index in [1.807, 2.05) is 24.3 Å². The van der Waals surface area contributed by atoms with E-state index in [9.17, 15) is 14.0 Å². The Morgan fingerprint density at radius 3 is 2.77 bits per heavy atom. The van der Waals surface area contributed by atoms with Crippen LogP contribution in [0.1, 0.15) is 39.8 Å². The first-order valence-electron chi connectivity index (χ1n) is 9.65. The number of amides is 2. The number of furan rings is 1. The minimum absolute atomic E-state index is 0.0299. The molecule has 6 nitrogen and oxygen atoms in total. The fourth-order valence-electron chi connectivity index (χ4n) is 3.54. The van der Waals surface area contributed by atoms with Gasteiger partial charge in [0.1, 0.15) is 11.6 Å². The molecule has 0 fully saturated rings. The maximum atomic E-state index is 14.2. The number of aryl methyl sites for hydroxylation is 1. The zero-order valence-electron chi connectivity index (χ0n) is 16.4. The van der Waals surface area contributed by atoms with Crippen LogP contribution >= 0.6 is 0 Å². The second-order valence-corrected chi connectivity index (χ2v) is 7.10. The normalized spacial score (nSPS) is 15.3. The third-order valence-corrected chi connectivity index (χ3v) is 5.06. The fourth-order valence-corrected chi connectivity index (χ4v) is 3.54. The second-order valence-electron chi connectivity index (χ2n) is 7.10. The van der Waals surface area contributed by atoms with Crippen molar-refractivity contribution in [3.05, 3.63) is 83.1 Å². The van der Waals surface area contributed by atoms with Crippen molar-refractivity contribution in [2.45, 2.75) is 25.9 Å². The van der Waals surface area contributed by atoms with E-state index >= 15 is 0 Å². The third kappa shape index (κ3) is 4.26. The molecule has 0 spiro atoms. The van der Waals surface area contributed by atoms with Gasteiger partial charge in [0.05, 0.1) is 36.6 Å². The van der Waals surface area contributed by atoms with Crippen LogP contribution < -0.4 is 10.6 Å². The van der Waals surface area contributed by atoms with E-state index in [1.54, 1.807) is 6.92 Å². The van der Waals surface area contributed by atoms with Gasteiger partial charge in [-0.3, -0.25) is 9.59 Å². The molecule has 1 unspecified atom stereocenters. The van der Waals surface area contributed by atoms with Gasteiger partial charge in [0.25, 0.3) is 5.91 Å². The Morgan fingerprint density at radius 1 is 1.13 bits per heavy atom. The second kappa shape index (κ2) is 8.51. The predicted molar refractivity (Wildman–Crippen MR) is 110 cm³/mol. The number of carbonyl (C=O) groups excluding carboxylic acids is 2. The summed E-state index contributed by atoms with van der Waals surface area (Å²) in [7, 11) is 0. The van der Waals surface area contributed by atoms with E-state index in [1.165, 1.54) is 36.1 Å². The number of anilines is 2. The smallest absolute Gasteiger partial charge is 0.259 e. The maximum absolute atomic E-state index is 14.2. The molecule has 3 aromatic rings. The molecule has 30 heavy (non-hydrogen) atoms. The van der Waals surface area contributed by atoms with Gasteiger partial charge in [-0.15, -0.1) is 0 Å². The van der Waals surface area contributed by atoms with E-state index < -0.39 is 11.7 Å². The number of hydrogen-bond acceptors (Lipinski definition) is 4. The van der Waals surface area contributed by atoms with Crippen molar-refractivity contribution in [1.82, 2.24) is 0 Å². The van der Waals surface area contributed by atoms with Crippen LogP contribution in [0.4, 0.5) is 15.8 Å². The number of rotatable bonds is 5. The highest BCUT2D eigenvalue weighted by Crippen LogP contribution is 2.30. The summed E-state index contributed by atoms with van der Waals surface area (Å²) in [5.74, 6) is -0.917. The molecular weight excluding hydrogens is 387 g/mol. The van der Waals surface area contributed by atoms with Gasteiger partial charge in [-0.1, -0.05) is 24.3 Å². The largest absolute Gasteiger partial charge is 0.469 e. The fraction of sp³-hybridized carbons (Fsp3) is 0.217. The zero-order chi connectivity index (χ0) is 21.1. The topological polar surface area (TPSA) is 80.6 Å². The number of hydrogen-bond donors (Lipinski definition) is 2. The van der Waals surface area contributed by atoms with Gasteiger partial charge in [-0.2, -0.15) is 0 Å². The Kier molecular flexibility index (Phi) is 5.63. The van der Waals surface area contributed by atoms with Crippen LogP contribution in [0.5, 0.6) is 0 Å². The van der Waals surface area contributed by atoms with Crippen molar-refractivity contribution in [2.75, 3.05) is 17.2 Å². The molecule has 2 amide bonds. The molecule has 7 heteroatoms. The van der Waals surface area contributed by atoms with Gasteiger partial charge in [-0.25, -0.2) is 4.39 Å². The summed E-state index contributed by atoms with van der Waals surface area (Å²) < 4.78 is 25.1. The van der Waals surface area contributed by atoms with Crippen LogP contribution in [-0.4, -0.2) is 18.4 Å². The minimum atomic E-state index is -0.605. The number of carbonyl (C=O) groups is 2. The van der Waals surface area contributed by atoms with Crippen molar-refractivity contribution in [1.29, 1.82) is 0 Å². The molecule has 0 bridgehead atoms. The molecule has 0 saturated carbocycles. The highest BCUT2D eigenvalue weighted by atomic mass is 19.1. The molecule has 0 aliphatic carbocycles. The number of halogens is 1. The van der Waals surface area contributed by atoms with E-state index in [2.05, 4.69) is 10.6 Å². The first-order chi connectivity index (χ1) is 14.5. The van der Waals surface area contributed by atoms with E-state index in [0.29, 0.717) is 23.6 Å². The Morgan fingerprint density at radius 2 is 1.97 bits per heavy atom. The molecule has 4 rings (SSSR count). The van der Waals surface area contributed by atoms with Gasteiger partial charge in [-0.05, 0) is 48.7 Å². The lowest BCUT2D eigenvalue weighted by molar-refractivity contribution is -0.119. The van der Waals surface area contributed by atoms with Crippen molar-refractivity contribution in [3.63, 3.8) is 0 Å². The number of nitrogens with one attached hydrogen (secondary N) is 2. The van der Waals surface area contributed by atoms with Crippen LogP contribution in [0.3, 0.4) is 0 Å². The van der Waals surface area contributed by atoms with Crippen LogP contribution in [0.25, 0.3) is 0 Å². The van der Waals surface area contributed by atoms with Gasteiger partial charge < -0.3 is 19.8 Å². The third-order valence-electron chi connectivity index (χ3n) is 5.06. The number of benzene rings is 2. The lowest BCUT2D eigenvalue weighted by atomic mass is 9.95. The summed E-state index contributed by atoms with van der Waals surface area (Å²) in [5.41, 5.74) is 2.86. The molecule has 0 saturated heterocycles. The molecule has 1 aliphatic rings. The molecule has 2 aromatic carbocycles. The quantitative estimate of drug-likeness (QED) is 0.645. The summed E-state index contributed by atoms with van der Waals surface area (Å²) in [5, 5.41) is 5.26. The Bertz CT molecular complexity index is 1090. The molecule has 1 atom stereocenters. The summed E-state index contributed by atoms with van der Waals surface area (Å²) in [6, 6.07) is 13.4. The van der Waals surface area contributed by atoms with E-state index in [-0.39, 0.29) is 24.1 Å². The average molecular weight is 408 g/mol. The maximum Gasteiger partial charge on any atom is 0.259 e. The first-order valence-corrected chi connectivity index (χ1v) is 9.65. The monoisotopic (exact) mass is 408 g/mol. The molecular formula is C23H21FN2O4. The van der Waals surface area contributed by atoms with Crippen molar-refractivity contribution in [2.24, 2.45) is 0 Å². The van der Waals surface area contributed by atoms with Crippen LogP contribution in [0.15, 0.2) is 59.2 Å². The van der Waals surface area contributed by atoms with Crippen LogP contribution in [0.2, 0.25) is 0 Å². The summed E-state index contributed by atoms with van der Waals surface area (Å²) in [4.78, 5) is 24.9. The highest BCUT2D eigenvalue weighted by Gasteiger charge is 2.23. The summed E-state index contributed by atoms with van der Waals surface area (Å²) >= 11 is 0. The van der Waals surface area contributed by atoms with E-state index in [4.69, 9.17) is 9.15 Å². The van der Waals surface area contributed by atoms with Crippen LogP contribution in [-0.2, 0) is 16.0 Å². The zero-order valence-corrected chi connectivity index (χ0v) is 16.4. The van der Waals surface area contributed by atoms with Crippen LogP contribution in [0, 0.1) is 12.7 Å². The molecule has 1 aromatic heterocycles. The van der Waals surface area contributed by atoms with Crippen molar-refractivity contribution < 1.29 is 23.1 Å². The van der Waals surface area contributed by atoms with Crippen molar-refractivity contribution >= 4 is 23.2 Å². The SMILES string of the molecule is Cc1occc1C(=O)Nc1cc(NC(=O)CC2OCCc3ccccc32)ccc1F. The first kappa shape index (κ1) is 19.8. The summed E-state index contributed by atoms with van der Waals surface area (Å²) in [6.45, 7) is 2.21. The standard InChI is InChI=1S/C23H21FN2O4/c1-14-17(9-11-29-14)23(28)26-20-12-16(6-7-19(20)24)25-22(27)13-21-18-5-3-2-4-15(18)8-10-30-21/h2-7,9,11-12,21H,8,10,13H2,1H3,(H,25,27)(H,26,28). The summed E-state index contributed by atoms with van der Waals surface area (Å²) in [6.07, 6.45) is 2.04. The Labute approximate surface area is 173 Å². The van der Waals surface area contributed by atoms with Gasteiger partial charge in [0.15, 0.2) is 0 Å².